The molecule has 0 saturated carbocycles. The highest BCUT2D eigenvalue weighted by atomic mass is 16.3. The van der Waals surface area contributed by atoms with Gasteiger partial charge < -0.3 is 5.11 Å². The minimum Gasteiger partial charge on any atom is -0.502 e. The van der Waals surface area contributed by atoms with E-state index in [2.05, 4.69) is 35.8 Å². The van der Waals surface area contributed by atoms with Gasteiger partial charge >= 0.3 is 0 Å². The third-order valence-electron chi connectivity index (χ3n) is 3.57. The molecule has 0 radical (unpaired) electrons. The zero-order valence-corrected chi connectivity index (χ0v) is 12.0. The van der Waals surface area contributed by atoms with Crippen LogP contribution < -0.4 is 4.57 Å². The third-order valence-corrected chi connectivity index (χ3v) is 3.57. The average molecular weight is 276 g/mol. The van der Waals surface area contributed by atoms with Crippen molar-refractivity contribution in [2.24, 2.45) is 0 Å². The molecule has 0 aliphatic rings. The van der Waals surface area contributed by atoms with Gasteiger partial charge in [-0.25, -0.2) is 0 Å². The maximum absolute atomic E-state index is 10.3. The predicted molar refractivity (Wildman–Crippen MR) is 84.0 cm³/mol. The first-order chi connectivity index (χ1) is 10.2. The van der Waals surface area contributed by atoms with E-state index in [1.54, 1.807) is 6.07 Å². The SMILES string of the molecule is Cc1ccc(-c2c(O)ccc[n+]2Cc2ccccc2)cc1. The summed E-state index contributed by atoms with van der Waals surface area (Å²) in [7, 11) is 0. The molecule has 0 amide bonds. The van der Waals surface area contributed by atoms with Gasteiger partial charge in [0.15, 0.2) is 18.5 Å². The van der Waals surface area contributed by atoms with E-state index in [1.807, 2.05) is 42.6 Å². The van der Waals surface area contributed by atoms with Gasteiger partial charge in [0.05, 0.1) is 5.56 Å². The molecule has 21 heavy (non-hydrogen) atoms. The fraction of sp³-hybridized carbons (Fsp3) is 0.105. The van der Waals surface area contributed by atoms with E-state index in [1.165, 1.54) is 11.1 Å². The summed E-state index contributed by atoms with van der Waals surface area (Å²) in [6, 6.07) is 22.1. The molecule has 0 aliphatic carbocycles. The first-order valence-corrected chi connectivity index (χ1v) is 7.06. The lowest BCUT2D eigenvalue weighted by molar-refractivity contribution is -0.677. The minimum atomic E-state index is 0.303. The fourth-order valence-corrected chi connectivity index (χ4v) is 2.48. The Kier molecular flexibility index (Phi) is 3.69. The molecule has 0 atom stereocenters. The lowest BCUT2D eigenvalue weighted by Gasteiger charge is -2.06. The largest absolute Gasteiger partial charge is 0.502 e. The van der Waals surface area contributed by atoms with E-state index in [-0.39, 0.29) is 0 Å². The van der Waals surface area contributed by atoms with Crippen molar-refractivity contribution in [2.75, 3.05) is 0 Å². The van der Waals surface area contributed by atoms with Gasteiger partial charge in [0, 0.05) is 11.6 Å². The van der Waals surface area contributed by atoms with Gasteiger partial charge in [-0.05, 0) is 25.1 Å². The Morgan fingerprint density at radius 3 is 2.29 bits per heavy atom. The number of aromatic hydroxyl groups is 1. The highest BCUT2D eigenvalue weighted by Crippen LogP contribution is 2.25. The average Bonchev–Trinajstić information content (AvgIpc) is 2.50. The van der Waals surface area contributed by atoms with Crippen molar-refractivity contribution >= 4 is 0 Å². The summed E-state index contributed by atoms with van der Waals surface area (Å²) in [5.74, 6) is 0.303. The fourth-order valence-electron chi connectivity index (χ4n) is 2.48. The molecule has 3 rings (SSSR count). The van der Waals surface area contributed by atoms with Gasteiger partial charge in [-0.15, -0.1) is 0 Å². The highest BCUT2D eigenvalue weighted by Gasteiger charge is 2.18. The summed E-state index contributed by atoms with van der Waals surface area (Å²) in [4.78, 5) is 0. The number of hydrogen-bond donors (Lipinski definition) is 1. The van der Waals surface area contributed by atoms with Crippen LogP contribution in [0.1, 0.15) is 11.1 Å². The Morgan fingerprint density at radius 1 is 0.857 bits per heavy atom. The van der Waals surface area contributed by atoms with E-state index >= 15 is 0 Å². The van der Waals surface area contributed by atoms with Gasteiger partial charge in [0.1, 0.15) is 0 Å². The van der Waals surface area contributed by atoms with Crippen LogP contribution in [-0.2, 0) is 6.54 Å². The molecule has 0 saturated heterocycles. The molecule has 1 aromatic heterocycles. The van der Waals surface area contributed by atoms with E-state index in [9.17, 15) is 5.11 Å². The van der Waals surface area contributed by atoms with E-state index in [4.69, 9.17) is 0 Å². The van der Waals surface area contributed by atoms with Gasteiger partial charge in [-0.2, -0.15) is 4.57 Å². The van der Waals surface area contributed by atoms with E-state index in [0.717, 1.165) is 17.8 Å². The van der Waals surface area contributed by atoms with Crippen molar-refractivity contribution in [1.82, 2.24) is 0 Å². The number of hydrogen-bond acceptors (Lipinski definition) is 1. The molecule has 1 heterocycles. The predicted octanol–water partition coefficient (Wildman–Crippen LogP) is 3.70. The van der Waals surface area contributed by atoms with Crippen molar-refractivity contribution < 1.29 is 9.67 Å². The summed E-state index contributed by atoms with van der Waals surface area (Å²) in [6.45, 7) is 2.80. The van der Waals surface area contributed by atoms with E-state index < -0.39 is 0 Å². The Morgan fingerprint density at radius 2 is 1.57 bits per heavy atom. The molecule has 0 unspecified atom stereocenters. The molecule has 2 aromatic carbocycles. The number of aryl methyl sites for hydroxylation is 1. The molecular weight excluding hydrogens is 258 g/mol. The zero-order valence-electron chi connectivity index (χ0n) is 12.0. The number of rotatable bonds is 3. The van der Waals surface area contributed by atoms with Gasteiger partial charge in [-0.3, -0.25) is 0 Å². The maximum atomic E-state index is 10.3. The van der Waals surface area contributed by atoms with Crippen LogP contribution >= 0.6 is 0 Å². The van der Waals surface area contributed by atoms with Crippen LogP contribution in [0, 0.1) is 6.92 Å². The van der Waals surface area contributed by atoms with Crippen LogP contribution in [0.15, 0.2) is 72.9 Å². The van der Waals surface area contributed by atoms with Crippen molar-refractivity contribution in [3.05, 3.63) is 84.1 Å². The van der Waals surface area contributed by atoms with Crippen molar-refractivity contribution in [3.8, 4) is 17.0 Å². The minimum absolute atomic E-state index is 0.303. The molecule has 104 valence electrons. The molecule has 0 aliphatic heterocycles. The van der Waals surface area contributed by atoms with Gasteiger partial charge in [-0.1, -0.05) is 48.0 Å². The van der Waals surface area contributed by atoms with Crippen LogP contribution in [0.3, 0.4) is 0 Å². The molecule has 0 spiro atoms. The highest BCUT2D eigenvalue weighted by molar-refractivity contribution is 5.62. The number of nitrogens with zero attached hydrogens (tertiary/aromatic N) is 1. The Bertz CT molecular complexity index is 733. The summed E-state index contributed by atoms with van der Waals surface area (Å²) in [6.07, 6.45) is 2.00. The second-order valence-electron chi connectivity index (χ2n) is 5.22. The third kappa shape index (κ3) is 2.95. The molecule has 0 bridgehead atoms. The first kappa shape index (κ1) is 13.4. The van der Waals surface area contributed by atoms with Crippen LogP contribution in [0.25, 0.3) is 11.3 Å². The van der Waals surface area contributed by atoms with Crippen LogP contribution in [-0.4, -0.2) is 5.11 Å². The molecule has 1 N–H and O–H groups in total. The zero-order chi connectivity index (χ0) is 14.7. The maximum Gasteiger partial charge on any atom is 0.254 e. The second-order valence-corrected chi connectivity index (χ2v) is 5.22. The van der Waals surface area contributed by atoms with Crippen molar-refractivity contribution in [2.45, 2.75) is 13.5 Å². The van der Waals surface area contributed by atoms with Crippen molar-refractivity contribution in [1.29, 1.82) is 0 Å². The molecule has 2 heteroatoms. The monoisotopic (exact) mass is 276 g/mol. The molecule has 3 aromatic rings. The summed E-state index contributed by atoms with van der Waals surface area (Å²) in [5.41, 5.74) is 4.29. The summed E-state index contributed by atoms with van der Waals surface area (Å²) < 4.78 is 2.08. The summed E-state index contributed by atoms with van der Waals surface area (Å²) >= 11 is 0. The number of benzene rings is 2. The Hall–Kier alpha value is -2.61. The first-order valence-electron chi connectivity index (χ1n) is 7.06. The van der Waals surface area contributed by atoms with Crippen LogP contribution in [0.4, 0.5) is 0 Å². The molecule has 2 nitrogen and oxygen atoms in total. The topological polar surface area (TPSA) is 24.1 Å². The molecular formula is C19H18NO+. The van der Waals surface area contributed by atoms with Gasteiger partial charge in [0.25, 0.3) is 5.69 Å². The number of pyridine rings is 1. The van der Waals surface area contributed by atoms with Crippen molar-refractivity contribution in [3.63, 3.8) is 0 Å². The smallest absolute Gasteiger partial charge is 0.254 e. The lowest BCUT2D eigenvalue weighted by Crippen LogP contribution is -2.36. The van der Waals surface area contributed by atoms with E-state index in [0.29, 0.717) is 5.75 Å². The summed E-state index contributed by atoms with van der Waals surface area (Å²) in [5, 5.41) is 10.3. The van der Waals surface area contributed by atoms with Gasteiger partial charge in [0.2, 0.25) is 0 Å². The normalized spacial score (nSPS) is 10.5. The second kappa shape index (κ2) is 5.80. The standard InChI is InChI=1S/C19H17NO/c1-15-9-11-17(12-10-15)19-18(21)8-5-13-20(19)14-16-6-3-2-4-7-16/h2-13H,14H2,1H3/p+1. The number of aromatic nitrogens is 1. The van der Waals surface area contributed by atoms with Crippen LogP contribution in [0.2, 0.25) is 0 Å². The molecule has 0 fully saturated rings. The Labute approximate surface area is 124 Å². The van der Waals surface area contributed by atoms with Crippen LogP contribution in [0.5, 0.6) is 5.75 Å². The lowest BCUT2D eigenvalue weighted by atomic mass is 10.1. The quantitative estimate of drug-likeness (QED) is 0.725. The Balaban J connectivity index is 2.05.